The number of rotatable bonds is 7. The van der Waals surface area contributed by atoms with Gasteiger partial charge < -0.3 is 14.8 Å². The molecule has 1 rings (SSSR count). The summed E-state index contributed by atoms with van der Waals surface area (Å²) in [5.74, 6) is 1.33. The molecule has 1 fully saturated rings. The van der Waals surface area contributed by atoms with Crippen LogP contribution in [0.4, 0.5) is 0 Å². The molecule has 0 aromatic carbocycles. The number of hydrogen-bond acceptors (Lipinski definition) is 3. The van der Waals surface area contributed by atoms with Crippen LogP contribution in [-0.2, 0) is 9.47 Å². The Kier molecular flexibility index (Phi) is 6.22. The van der Waals surface area contributed by atoms with Gasteiger partial charge in [0.15, 0.2) is 0 Å². The molecule has 1 aliphatic rings. The van der Waals surface area contributed by atoms with Gasteiger partial charge in [0.25, 0.3) is 0 Å². The molecule has 1 saturated heterocycles. The van der Waals surface area contributed by atoms with Crippen LogP contribution in [0.15, 0.2) is 0 Å². The Balaban J connectivity index is 2.17. The fourth-order valence-corrected chi connectivity index (χ4v) is 1.79. The third-order valence-electron chi connectivity index (χ3n) is 3.00. The topological polar surface area (TPSA) is 30.5 Å². The summed E-state index contributed by atoms with van der Waals surface area (Å²) in [5.41, 5.74) is 0. The highest BCUT2D eigenvalue weighted by atomic mass is 16.5. The number of hydrogen-bond donors (Lipinski definition) is 1. The summed E-state index contributed by atoms with van der Waals surface area (Å²) in [6, 6.07) is 0.477. The second-order valence-corrected chi connectivity index (χ2v) is 4.65. The zero-order chi connectivity index (χ0) is 11.1. The van der Waals surface area contributed by atoms with E-state index in [4.69, 9.17) is 9.47 Å². The van der Waals surface area contributed by atoms with Crippen molar-refractivity contribution in [1.29, 1.82) is 0 Å². The van der Waals surface area contributed by atoms with Gasteiger partial charge in [-0.3, -0.25) is 0 Å². The van der Waals surface area contributed by atoms with E-state index < -0.39 is 0 Å². The Morgan fingerprint density at radius 1 is 1.47 bits per heavy atom. The maximum atomic E-state index is 5.48. The van der Waals surface area contributed by atoms with Crippen molar-refractivity contribution < 1.29 is 9.47 Å². The van der Waals surface area contributed by atoms with E-state index in [2.05, 4.69) is 19.2 Å². The average Bonchev–Trinajstić information content (AvgIpc) is 2.70. The van der Waals surface area contributed by atoms with E-state index in [1.165, 1.54) is 6.42 Å². The molecule has 0 aliphatic carbocycles. The van der Waals surface area contributed by atoms with Gasteiger partial charge in [-0.1, -0.05) is 13.8 Å². The van der Waals surface area contributed by atoms with Crippen LogP contribution >= 0.6 is 0 Å². The maximum Gasteiger partial charge on any atom is 0.0621 e. The Bertz CT molecular complexity index is 156. The lowest BCUT2D eigenvalue weighted by Gasteiger charge is -2.23. The van der Waals surface area contributed by atoms with Crippen LogP contribution in [0.5, 0.6) is 0 Å². The minimum Gasteiger partial charge on any atom is -0.381 e. The van der Waals surface area contributed by atoms with Crippen molar-refractivity contribution in [3.8, 4) is 0 Å². The fourth-order valence-electron chi connectivity index (χ4n) is 1.79. The average molecular weight is 215 g/mol. The van der Waals surface area contributed by atoms with Crippen molar-refractivity contribution in [3.63, 3.8) is 0 Å². The van der Waals surface area contributed by atoms with Crippen LogP contribution in [0.2, 0.25) is 0 Å². The molecular formula is C12H25NO2. The molecule has 2 unspecified atom stereocenters. The smallest absolute Gasteiger partial charge is 0.0621 e. The molecule has 0 spiro atoms. The minimum atomic E-state index is 0.477. The fraction of sp³-hybridized carbons (Fsp3) is 1.00. The van der Waals surface area contributed by atoms with Crippen LogP contribution in [0, 0.1) is 11.8 Å². The Hall–Kier alpha value is -0.120. The van der Waals surface area contributed by atoms with Crippen molar-refractivity contribution in [2.45, 2.75) is 33.2 Å². The van der Waals surface area contributed by atoms with Crippen molar-refractivity contribution in [3.05, 3.63) is 0 Å². The third kappa shape index (κ3) is 4.96. The molecule has 1 aliphatic heterocycles. The molecular weight excluding hydrogens is 190 g/mol. The summed E-state index contributed by atoms with van der Waals surface area (Å²) in [4.78, 5) is 0. The number of nitrogens with one attached hydrogen (secondary N) is 1. The second-order valence-electron chi connectivity index (χ2n) is 4.65. The van der Waals surface area contributed by atoms with Crippen molar-refractivity contribution in [2.24, 2.45) is 11.8 Å². The standard InChI is InChI=1S/C12H25NO2/c1-4-14-9-12(10(2)3)13-7-11-5-6-15-8-11/h10-13H,4-9H2,1-3H3. The van der Waals surface area contributed by atoms with Gasteiger partial charge >= 0.3 is 0 Å². The molecule has 90 valence electrons. The highest BCUT2D eigenvalue weighted by molar-refractivity contribution is 4.74. The third-order valence-corrected chi connectivity index (χ3v) is 3.00. The summed E-state index contributed by atoms with van der Waals surface area (Å²) in [5, 5.41) is 3.59. The zero-order valence-electron chi connectivity index (χ0n) is 10.3. The zero-order valence-corrected chi connectivity index (χ0v) is 10.3. The molecule has 1 heterocycles. The van der Waals surface area contributed by atoms with E-state index in [9.17, 15) is 0 Å². The summed E-state index contributed by atoms with van der Waals surface area (Å²) in [6.07, 6.45) is 1.20. The molecule has 1 N–H and O–H groups in total. The summed E-state index contributed by atoms with van der Waals surface area (Å²) >= 11 is 0. The van der Waals surface area contributed by atoms with E-state index >= 15 is 0 Å². The van der Waals surface area contributed by atoms with Crippen LogP contribution in [-0.4, -0.2) is 39.0 Å². The minimum absolute atomic E-state index is 0.477. The Morgan fingerprint density at radius 2 is 2.27 bits per heavy atom. The first-order chi connectivity index (χ1) is 7.24. The molecule has 0 amide bonds. The number of ether oxygens (including phenoxy) is 2. The van der Waals surface area contributed by atoms with Gasteiger partial charge in [-0.05, 0) is 25.2 Å². The molecule has 0 radical (unpaired) electrons. The lowest BCUT2D eigenvalue weighted by molar-refractivity contribution is 0.105. The van der Waals surface area contributed by atoms with E-state index in [0.717, 1.165) is 33.0 Å². The predicted octanol–water partition coefficient (Wildman–Crippen LogP) is 1.67. The van der Waals surface area contributed by atoms with Crippen LogP contribution in [0.3, 0.4) is 0 Å². The van der Waals surface area contributed by atoms with E-state index in [0.29, 0.717) is 17.9 Å². The molecule has 3 heteroatoms. The molecule has 3 nitrogen and oxygen atoms in total. The first kappa shape index (κ1) is 12.9. The molecule has 0 aromatic heterocycles. The first-order valence-electron chi connectivity index (χ1n) is 6.13. The normalized spacial score (nSPS) is 23.6. The summed E-state index contributed by atoms with van der Waals surface area (Å²) < 4.78 is 10.8. The monoisotopic (exact) mass is 215 g/mol. The van der Waals surface area contributed by atoms with Crippen molar-refractivity contribution in [2.75, 3.05) is 33.0 Å². The molecule has 2 atom stereocenters. The van der Waals surface area contributed by atoms with Crippen LogP contribution < -0.4 is 5.32 Å². The first-order valence-corrected chi connectivity index (χ1v) is 6.13. The van der Waals surface area contributed by atoms with Crippen molar-refractivity contribution >= 4 is 0 Å². The lowest BCUT2D eigenvalue weighted by Crippen LogP contribution is -2.40. The van der Waals surface area contributed by atoms with E-state index in [1.807, 2.05) is 6.92 Å². The molecule has 0 bridgehead atoms. The Labute approximate surface area is 93.5 Å². The van der Waals surface area contributed by atoms with Gasteiger partial charge in [0.05, 0.1) is 13.2 Å². The maximum absolute atomic E-state index is 5.48. The van der Waals surface area contributed by atoms with E-state index in [1.54, 1.807) is 0 Å². The van der Waals surface area contributed by atoms with Gasteiger partial charge in [-0.25, -0.2) is 0 Å². The largest absolute Gasteiger partial charge is 0.381 e. The van der Waals surface area contributed by atoms with Gasteiger partial charge in [0.2, 0.25) is 0 Å². The summed E-state index contributed by atoms with van der Waals surface area (Å²) in [6.45, 7) is 11.1. The quantitative estimate of drug-likeness (QED) is 0.701. The molecule has 15 heavy (non-hydrogen) atoms. The highest BCUT2D eigenvalue weighted by Crippen LogP contribution is 2.12. The van der Waals surface area contributed by atoms with Gasteiger partial charge in [0, 0.05) is 25.8 Å². The highest BCUT2D eigenvalue weighted by Gasteiger charge is 2.18. The van der Waals surface area contributed by atoms with Gasteiger partial charge in [-0.15, -0.1) is 0 Å². The SMILES string of the molecule is CCOCC(NCC1CCOC1)C(C)C. The van der Waals surface area contributed by atoms with E-state index in [-0.39, 0.29) is 0 Å². The second kappa shape index (κ2) is 7.20. The predicted molar refractivity (Wildman–Crippen MR) is 62.0 cm³/mol. The van der Waals surface area contributed by atoms with Crippen LogP contribution in [0.25, 0.3) is 0 Å². The summed E-state index contributed by atoms with van der Waals surface area (Å²) in [7, 11) is 0. The molecule has 0 aromatic rings. The van der Waals surface area contributed by atoms with Gasteiger partial charge in [0.1, 0.15) is 0 Å². The van der Waals surface area contributed by atoms with Crippen LogP contribution in [0.1, 0.15) is 27.2 Å². The lowest BCUT2D eigenvalue weighted by atomic mass is 10.0. The van der Waals surface area contributed by atoms with Gasteiger partial charge in [-0.2, -0.15) is 0 Å². The van der Waals surface area contributed by atoms with Crippen molar-refractivity contribution in [1.82, 2.24) is 5.32 Å². The molecule has 0 saturated carbocycles. The Morgan fingerprint density at radius 3 is 2.80 bits per heavy atom.